The highest BCUT2D eigenvalue weighted by Crippen LogP contribution is 2.35. The van der Waals surface area contributed by atoms with Gasteiger partial charge in [0.05, 0.1) is 11.7 Å². The van der Waals surface area contributed by atoms with Crippen LogP contribution in [0.2, 0.25) is 5.02 Å². The van der Waals surface area contributed by atoms with Crippen molar-refractivity contribution < 1.29 is 9.18 Å². The average Bonchev–Trinajstić information content (AvgIpc) is 3.09. The molecule has 1 fully saturated rings. The Labute approximate surface area is 158 Å². The van der Waals surface area contributed by atoms with Crippen molar-refractivity contribution in [1.29, 1.82) is 0 Å². The SMILES string of the molecule is CN(C)c1ccc(CNC(=O)N2CCC[C@H]2c2ccccc2Cl)cc1F. The zero-order valence-electron chi connectivity index (χ0n) is 15.0. The molecule has 1 N–H and O–H groups in total. The van der Waals surface area contributed by atoms with Crippen LogP contribution in [0, 0.1) is 5.82 Å². The molecule has 1 aliphatic heterocycles. The fourth-order valence-corrected chi connectivity index (χ4v) is 3.64. The van der Waals surface area contributed by atoms with Crippen LogP contribution in [0.4, 0.5) is 14.9 Å². The van der Waals surface area contributed by atoms with Gasteiger partial charge >= 0.3 is 6.03 Å². The van der Waals surface area contributed by atoms with Gasteiger partial charge in [-0.1, -0.05) is 35.9 Å². The van der Waals surface area contributed by atoms with Gasteiger partial charge in [0.25, 0.3) is 0 Å². The molecule has 4 nitrogen and oxygen atoms in total. The van der Waals surface area contributed by atoms with Gasteiger partial charge in [-0.05, 0) is 42.2 Å². The molecule has 0 aromatic heterocycles. The Hall–Kier alpha value is -2.27. The molecule has 26 heavy (non-hydrogen) atoms. The quantitative estimate of drug-likeness (QED) is 0.848. The number of likely N-dealkylation sites (tertiary alicyclic amines) is 1. The lowest BCUT2D eigenvalue weighted by molar-refractivity contribution is 0.192. The van der Waals surface area contributed by atoms with Gasteiger partial charge < -0.3 is 15.1 Å². The molecule has 6 heteroatoms. The molecule has 2 amide bonds. The summed E-state index contributed by atoms with van der Waals surface area (Å²) in [7, 11) is 3.59. The normalized spacial score (nSPS) is 16.6. The minimum absolute atomic E-state index is 0.0171. The Morgan fingerprint density at radius 2 is 2.08 bits per heavy atom. The Bertz CT molecular complexity index is 796. The van der Waals surface area contributed by atoms with E-state index in [-0.39, 0.29) is 24.4 Å². The van der Waals surface area contributed by atoms with Crippen molar-refractivity contribution in [2.45, 2.75) is 25.4 Å². The molecule has 3 rings (SSSR count). The van der Waals surface area contributed by atoms with E-state index < -0.39 is 0 Å². The summed E-state index contributed by atoms with van der Waals surface area (Å²) in [5, 5.41) is 3.58. The largest absolute Gasteiger partial charge is 0.375 e. The van der Waals surface area contributed by atoms with Crippen LogP contribution >= 0.6 is 11.6 Å². The number of carbonyl (C=O) groups excluding carboxylic acids is 1. The van der Waals surface area contributed by atoms with E-state index in [1.54, 1.807) is 25.1 Å². The number of anilines is 1. The smallest absolute Gasteiger partial charge is 0.318 e. The van der Waals surface area contributed by atoms with Gasteiger partial charge in [0.2, 0.25) is 0 Å². The summed E-state index contributed by atoms with van der Waals surface area (Å²) in [5.41, 5.74) is 2.23. The number of nitrogens with one attached hydrogen (secondary N) is 1. The summed E-state index contributed by atoms with van der Waals surface area (Å²) < 4.78 is 14.1. The summed E-state index contributed by atoms with van der Waals surface area (Å²) in [5.74, 6) is -0.295. The van der Waals surface area contributed by atoms with Crippen LogP contribution in [-0.2, 0) is 6.54 Å². The number of amides is 2. The van der Waals surface area contributed by atoms with Crippen LogP contribution in [0.25, 0.3) is 0 Å². The maximum atomic E-state index is 14.1. The van der Waals surface area contributed by atoms with Gasteiger partial charge in [-0.25, -0.2) is 9.18 Å². The first-order valence-corrected chi connectivity index (χ1v) is 9.10. The average molecular weight is 376 g/mol. The number of nitrogens with zero attached hydrogens (tertiary/aromatic N) is 2. The van der Waals surface area contributed by atoms with Gasteiger partial charge in [-0.15, -0.1) is 0 Å². The van der Waals surface area contributed by atoms with Crippen LogP contribution in [-0.4, -0.2) is 31.6 Å². The van der Waals surface area contributed by atoms with Gasteiger partial charge in [0, 0.05) is 32.2 Å². The van der Waals surface area contributed by atoms with Crippen molar-refractivity contribution >= 4 is 23.3 Å². The molecule has 138 valence electrons. The van der Waals surface area contributed by atoms with E-state index in [0.29, 0.717) is 17.3 Å². The maximum Gasteiger partial charge on any atom is 0.318 e. The zero-order chi connectivity index (χ0) is 18.7. The highest BCUT2D eigenvalue weighted by molar-refractivity contribution is 6.31. The summed E-state index contributed by atoms with van der Waals surface area (Å²) in [6.45, 7) is 0.977. The molecule has 0 spiro atoms. The molecule has 0 unspecified atom stereocenters. The molecule has 0 radical (unpaired) electrons. The minimum atomic E-state index is -0.295. The summed E-state index contributed by atoms with van der Waals surface area (Å²) in [4.78, 5) is 16.2. The van der Waals surface area contributed by atoms with Crippen molar-refractivity contribution in [3.63, 3.8) is 0 Å². The molecule has 0 aliphatic carbocycles. The number of hydrogen-bond donors (Lipinski definition) is 1. The highest BCUT2D eigenvalue weighted by atomic mass is 35.5. The van der Waals surface area contributed by atoms with Gasteiger partial charge in [0.15, 0.2) is 0 Å². The van der Waals surface area contributed by atoms with E-state index in [1.165, 1.54) is 6.07 Å². The van der Waals surface area contributed by atoms with E-state index in [0.717, 1.165) is 24.0 Å². The lowest BCUT2D eigenvalue weighted by Crippen LogP contribution is -2.39. The number of carbonyl (C=O) groups is 1. The topological polar surface area (TPSA) is 35.6 Å². The van der Waals surface area contributed by atoms with Crippen molar-refractivity contribution in [2.75, 3.05) is 25.5 Å². The van der Waals surface area contributed by atoms with Crippen LogP contribution in [0.1, 0.15) is 30.0 Å². The molecule has 1 heterocycles. The number of hydrogen-bond acceptors (Lipinski definition) is 2. The number of rotatable bonds is 4. The van der Waals surface area contributed by atoms with E-state index in [1.807, 2.05) is 35.2 Å². The Morgan fingerprint density at radius 1 is 1.31 bits per heavy atom. The number of urea groups is 1. The molecule has 2 aromatic carbocycles. The summed E-state index contributed by atoms with van der Waals surface area (Å²) in [6.07, 6.45) is 1.83. The van der Waals surface area contributed by atoms with E-state index >= 15 is 0 Å². The first kappa shape index (κ1) is 18.5. The third-order valence-corrected chi connectivity index (χ3v) is 5.06. The first-order valence-electron chi connectivity index (χ1n) is 8.72. The third-order valence-electron chi connectivity index (χ3n) is 4.72. The molecular formula is C20H23ClFN3O. The summed E-state index contributed by atoms with van der Waals surface area (Å²) >= 11 is 6.30. The fourth-order valence-electron chi connectivity index (χ4n) is 3.38. The second-order valence-electron chi connectivity index (χ2n) is 6.71. The van der Waals surface area contributed by atoms with Gasteiger partial charge in [0.1, 0.15) is 5.82 Å². The monoisotopic (exact) mass is 375 g/mol. The minimum Gasteiger partial charge on any atom is -0.375 e. The lowest BCUT2D eigenvalue weighted by Gasteiger charge is -2.26. The molecule has 0 saturated carbocycles. The zero-order valence-corrected chi connectivity index (χ0v) is 15.8. The Morgan fingerprint density at radius 3 is 2.77 bits per heavy atom. The first-order chi connectivity index (χ1) is 12.5. The Balaban J connectivity index is 1.66. The van der Waals surface area contributed by atoms with E-state index in [2.05, 4.69) is 5.32 Å². The second kappa shape index (κ2) is 7.96. The molecule has 1 atom stereocenters. The third kappa shape index (κ3) is 3.93. The van der Waals surface area contributed by atoms with Gasteiger partial charge in [-0.3, -0.25) is 0 Å². The molecular weight excluding hydrogens is 353 g/mol. The molecule has 1 saturated heterocycles. The lowest BCUT2D eigenvalue weighted by atomic mass is 10.0. The van der Waals surface area contributed by atoms with Crippen molar-refractivity contribution in [3.05, 3.63) is 64.4 Å². The van der Waals surface area contributed by atoms with Crippen molar-refractivity contribution in [1.82, 2.24) is 10.2 Å². The van der Waals surface area contributed by atoms with Crippen molar-refractivity contribution in [2.24, 2.45) is 0 Å². The van der Waals surface area contributed by atoms with E-state index in [9.17, 15) is 9.18 Å². The predicted octanol–water partition coefficient (Wildman–Crippen LogP) is 4.59. The van der Waals surface area contributed by atoms with Crippen LogP contribution < -0.4 is 10.2 Å². The molecule has 2 aromatic rings. The number of halogens is 2. The number of benzene rings is 2. The molecule has 1 aliphatic rings. The van der Waals surface area contributed by atoms with Crippen LogP contribution in [0.3, 0.4) is 0 Å². The maximum absolute atomic E-state index is 14.1. The molecule has 0 bridgehead atoms. The van der Waals surface area contributed by atoms with Crippen LogP contribution in [0.15, 0.2) is 42.5 Å². The predicted molar refractivity (Wildman–Crippen MR) is 103 cm³/mol. The standard InChI is InChI=1S/C20H23ClFN3O/c1-24(2)19-10-9-14(12-17(19)22)13-23-20(26)25-11-5-8-18(25)15-6-3-4-7-16(15)21/h3-4,6-7,9-10,12,18H,5,8,11,13H2,1-2H3,(H,23,26)/t18-/m0/s1. The summed E-state index contributed by atoms with van der Waals surface area (Å²) in [6, 6.07) is 12.5. The second-order valence-corrected chi connectivity index (χ2v) is 7.12. The highest BCUT2D eigenvalue weighted by Gasteiger charge is 2.30. The van der Waals surface area contributed by atoms with Crippen LogP contribution in [0.5, 0.6) is 0 Å². The fraction of sp³-hybridized carbons (Fsp3) is 0.350. The van der Waals surface area contributed by atoms with E-state index in [4.69, 9.17) is 11.6 Å². The van der Waals surface area contributed by atoms with Gasteiger partial charge in [-0.2, -0.15) is 0 Å². The van der Waals surface area contributed by atoms with Crippen molar-refractivity contribution in [3.8, 4) is 0 Å². The Kier molecular flexibility index (Phi) is 5.67.